The Morgan fingerprint density at radius 1 is 1.41 bits per heavy atom. The van der Waals surface area contributed by atoms with Gasteiger partial charge in [-0.05, 0) is 24.6 Å². The summed E-state index contributed by atoms with van der Waals surface area (Å²) in [7, 11) is -3.01. The van der Waals surface area contributed by atoms with Gasteiger partial charge in [0, 0.05) is 17.6 Å². The topological polar surface area (TPSA) is 46.6 Å². The van der Waals surface area contributed by atoms with Crippen LogP contribution in [0.2, 0.25) is 0 Å². The zero-order valence-corrected chi connectivity index (χ0v) is 11.7. The minimum Gasteiger partial charge on any atom is -0.492 e. The average molecular weight is 320 g/mol. The Morgan fingerprint density at radius 3 is 2.88 bits per heavy atom. The molecule has 0 atom stereocenters. The maximum Gasteiger partial charge on any atom is 0.214 e. The maximum atomic E-state index is 11.5. The fourth-order valence-corrected chi connectivity index (χ4v) is 3.65. The van der Waals surface area contributed by atoms with Gasteiger partial charge < -0.3 is 4.74 Å². The molecule has 0 spiro atoms. The summed E-state index contributed by atoms with van der Waals surface area (Å²) in [6, 6.07) is 7.51. The van der Waals surface area contributed by atoms with E-state index < -0.39 is 10.0 Å². The Labute approximate surface area is 110 Å². The highest BCUT2D eigenvalue weighted by atomic mass is 79.9. The molecule has 2 rings (SSSR count). The number of ether oxygens (including phenoxy) is 1. The molecule has 94 valence electrons. The molecule has 1 aromatic carbocycles. The molecule has 0 bridgehead atoms. The molecule has 0 N–H and O–H groups in total. The van der Waals surface area contributed by atoms with Gasteiger partial charge in [0.2, 0.25) is 10.0 Å². The van der Waals surface area contributed by atoms with Gasteiger partial charge in [-0.1, -0.05) is 22.0 Å². The van der Waals surface area contributed by atoms with E-state index in [4.69, 9.17) is 4.74 Å². The van der Waals surface area contributed by atoms with E-state index in [-0.39, 0.29) is 5.75 Å². The highest BCUT2D eigenvalue weighted by molar-refractivity contribution is 9.10. The molecule has 1 fully saturated rings. The van der Waals surface area contributed by atoms with Crippen LogP contribution in [0, 0.1) is 0 Å². The minimum absolute atomic E-state index is 0.268. The molecule has 0 radical (unpaired) electrons. The number of hydrogen-bond acceptors (Lipinski definition) is 3. The van der Waals surface area contributed by atoms with Gasteiger partial charge in [0.05, 0.1) is 5.75 Å². The highest BCUT2D eigenvalue weighted by Gasteiger charge is 2.27. The Hall–Kier alpha value is -0.590. The second kappa shape index (κ2) is 5.37. The monoisotopic (exact) mass is 319 g/mol. The number of hydrogen-bond donors (Lipinski definition) is 0. The summed E-state index contributed by atoms with van der Waals surface area (Å²) in [5.74, 6) is 1.01. The first kappa shape index (κ1) is 12.9. The number of halogens is 1. The van der Waals surface area contributed by atoms with Crippen LogP contribution in [0.15, 0.2) is 28.7 Å². The molecule has 0 aromatic heterocycles. The van der Waals surface area contributed by atoms with Crippen LogP contribution in [0.25, 0.3) is 0 Å². The molecule has 1 saturated heterocycles. The molecule has 0 aliphatic carbocycles. The molecule has 17 heavy (non-hydrogen) atoms. The SMILES string of the molecule is O=S1(=O)CCCN1CCOc1cccc(Br)c1. The molecule has 6 heteroatoms. The zero-order chi connectivity index (χ0) is 12.3. The molecule has 1 aromatic rings. The fourth-order valence-electron chi connectivity index (χ4n) is 1.76. The van der Waals surface area contributed by atoms with Crippen molar-refractivity contribution < 1.29 is 13.2 Å². The molecular weight excluding hydrogens is 306 g/mol. The standard InChI is InChI=1S/C11H14BrNO3S/c12-10-3-1-4-11(9-10)16-7-6-13-5-2-8-17(13,14)15/h1,3-4,9H,2,5-8H2. The van der Waals surface area contributed by atoms with Gasteiger partial charge in [0.15, 0.2) is 0 Å². The van der Waals surface area contributed by atoms with E-state index in [1.165, 1.54) is 4.31 Å². The van der Waals surface area contributed by atoms with Crippen LogP contribution >= 0.6 is 15.9 Å². The average Bonchev–Trinajstić information content (AvgIpc) is 2.58. The fraction of sp³-hybridized carbons (Fsp3) is 0.455. The smallest absolute Gasteiger partial charge is 0.214 e. The van der Waals surface area contributed by atoms with E-state index in [9.17, 15) is 8.42 Å². The Bertz CT molecular complexity index is 489. The third-order valence-corrected chi connectivity index (χ3v) is 5.06. The van der Waals surface area contributed by atoms with Crippen LogP contribution in [-0.2, 0) is 10.0 Å². The van der Waals surface area contributed by atoms with Crippen molar-refractivity contribution >= 4 is 26.0 Å². The lowest BCUT2D eigenvalue weighted by Gasteiger charge is -2.14. The van der Waals surface area contributed by atoms with Crippen molar-refractivity contribution in [3.8, 4) is 5.75 Å². The molecule has 0 saturated carbocycles. The molecule has 4 nitrogen and oxygen atoms in total. The van der Waals surface area contributed by atoms with Crippen LogP contribution in [0.4, 0.5) is 0 Å². The van der Waals surface area contributed by atoms with E-state index in [2.05, 4.69) is 15.9 Å². The predicted molar refractivity (Wildman–Crippen MR) is 69.6 cm³/mol. The Morgan fingerprint density at radius 2 is 2.24 bits per heavy atom. The normalized spacial score (nSPS) is 19.4. The van der Waals surface area contributed by atoms with E-state index >= 15 is 0 Å². The maximum absolute atomic E-state index is 11.5. The molecule has 1 aliphatic heterocycles. The highest BCUT2D eigenvalue weighted by Crippen LogP contribution is 2.18. The molecule has 0 amide bonds. The lowest BCUT2D eigenvalue weighted by Crippen LogP contribution is -2.30. The molecule has 1 aliphatic rings. The van der Waals surface area contributed by atoms with Gasteiger partial charge in [-0.2, -0.15) is 4.31 Å². The van der Waals surface area contributed by atoms with E-state index in [1.54, 1.807) is 0 Å². The van der Waals surface area contributed by atoms with Crippen LogP contribution in [0.1, 0.15) is 6.42 Å². The second-order valence-corrected chi connectivity index (χ2v) is 6.88. The predicted octanol–water partition coefficient (Wildman–Crippen LogP) is 1.86. The lowest BCUT2D eigenvalue weighted by molar-refractivity contribution is 0.279. The van der Waals surface area contributed by atoms with Crippen molar-refractivity contribution in [1.29, 1.82) is 0 Å². The zero-order valence-electron chi connectivity index (χ0n) is 9.30. The Kier molecular flexibility index (Phi) is 4.06. The van der Waals surface area contributed by atoms with Gasteiger partial charge in [0.1, 0.15) is 12.4 Å². The number of nitrogens with zero attached hydrogens (tertiary/aromatic N) is 1. The largest absolute Gasteiger partial charge is 0.492 e. The van der Waals surface area contributed by atoms with Crippen molar-refractivity contribution in [2.45, 2.75) is 6.42 Å². The van der Waals surface area contributed by atoms with Gasteiger partial charge in [-0.25, -0.2) is 8.42 Å². The lowest BCUT2D eigenvalue weighted by atomic mass is 10.3. The summed E-state index contributed by atoms with van der Waals surface area (Å²) in [6.07, 6.45) is 0.721. The van der Waals surface area contributed by atoms with Gasteiger partial charge in [-0.3, -0.25) is 0 Å². The van der Waals surface area contributed by atoms with Crippen molar-refractivity contribution in [2.24, 2.45) is 0 Å². The summed E-state index contributed by atoms with van der Waals surface area (Å²) in [4.78, 5) is 0. The summed E-state index contributed by atoms with van der Waals surface area (Å²) >= 11 is 3.35. The summed E-state index contributed by atoms with van der Waals surface area (Å²) < 4.78 is 31.0. The van der Waals surface area contributed by atoms with Crippen molar-refractivity contribution in [1.82, 2.24) is 4.31 Å². The van der Waals surface area contributed by atoms with E-state index in [0.717, 1.165) is 16.6 Å². The van der Waals surface area contributed by atoms with Gasteiger partial charge in [0.25, 0.3) is 0 Å². The number of rotatable bonds is 4. The van der Waals surface area contributed by atoms with Crippen LogP contribution < -0.4 is 4.74 Å². The second-order valence-electron chi connectivity index (χ2n) is 3.87. The first-order valence-corrected chi connectivity index (χ1v) is 7.84. The van der Waals surface area contributed by atoms with Crippen molar-refractivity contribution in [3.05, 3.63) is 28.7 Å². The van der Waals surface area contributed by atoms with Crippen molar-refractivity contribution in [3.63, 3.8) is 0 Å². The number of benzene rings is 1. The third kappa shape index (κ3) is 3.43. The van der Waals surface area contributed by atoms with Gasteiger partial charge >= 0.3 is 0 Å². The van der Waals surface area contributed by atoms with E-state index in [1.807, 2.05) is 24.3 Å². The Balaban J connectivity index is 1.84. The quantitative estimate of drug-likeness (QED) is 0.851. The third-order valence-electron chi connectivity index (χ3n) is 2.61. The molecule has 1 heterocycles. The summed E-state index contributed by atoms with van der Waals surface area (Å²) in [5, 5.41) is 0. The first-order chi connectivity index (χ1) is 8.08. The first-order valence-electron chi connectivity index (χ1n) is 5.44. The van der Waals surface area contributed by atoms with Gasteiger partial charge in [-0.15, -0.1) is 0 Å². The van der Waals surface area contributed by atoms with E-state index in [0.29, 0.717) is 19.7 Å². The molecule has 0 unspecified atom stereocenters. The molecular formula is C11H14BrNO3S. The van der Waals surface area contributed by atoms with Crippen LogP contribution in [-0.4, -0.2) is 38.2 Å². The summed E-state index contributed by atoms with van der Waals surface area (Å²) in [6.45, 7) is 1.43. The minimum atomic E-state index is -3.01. The summed E-state index contributed by atoms with van der Waals surface area (Å²) in [5.41, 5.74) is 0. The van der Waals surface area contributed by atoms with Crippen molar-refractivity contribution in [2.75, 3.05) is 25.4 Å². The number of sulfonamides is 1. The van der Waals surface area contributed by atoms with Crippen LogP contribution in [0.3, 0.4) is 0 Å². The van der Waals surface area contributed by atoms with Crippen LogP contribution in [0.5, 0.6) is 5.75 Å².